The van der Waals surface area contributed by atoms with E-state index in [0.717, 1.165) is 26.0 Å². The van der Waals surface area contributed by atoms with Crippen molar-refractivity contribution in [1.29, 1.82) is 0 Å². The molecule has 0 radical (unpaired) electrons. The second-order valence-corrected chi connectivity index (χ2v) is 5.84. The molecular formula is C16H24N2O2. The lowest BCUT2D eigenvalue weighted by molar-refractivity contribution is 0.0484. The van der Waals surface area contributed by atoms with Crippen molar-refractivity contribution in [3.8, 4) is 0 Å². The highest BCUT2D eigenvalue weighted by atomic mass is 16.5. The minimum atomic E-state index is 0.0484. The van der Waals surface area contributed by atoms with Gasteiger partial charge in [0.25, 0.3) is 5.91 Å². The highest BCUT2D eigenvalue weighted by Gasteiger charge is 2.27. The highest BCUT2D eigenvalue weighted by molar-refractivity contribution is 5.95. The molecule has 1 heterocycles. The molecule has 1 unspecified atom stereocenters. The molecule has 1 fully saturated rings. The second-order valence-electron chi connectivity index (χ2n) is 5.84. The zero-order valence-electron chi connectivity index (χ0n) is 12.3. The lowest BCUT2D eigenvalue weighted by Gasteiger charge is -2.17. The summed E-state index contributed by atoms with van der Waals surface area (Å²) in [6.07, 6.45) is 2.17. The average molecular weight is 276 g/mol. The number of anilines is 1. The Kier molecular flexibility index (Phi) is 5.01. The molecule has 2 rings (SSSR count). The first-order valence-corrected chi connectivity index (χ1v) is 7.32. The first-order valence-electron chi connectivity index (χ1n) is 7.32. The fraction of sp³-hybridized carbons (Fsp3) is 0.562. The van der Waals surface area contributed by atoms with Crippen LogP contribution in [0.2, 0.25) is 0 Å². The summed E-state index contributed by atoms with van der Waals surface area (Å²) < 4.78 is 5.84. The minimum absolute atomic E-state index is 0.0484. The molecule has 1 aromatic rings. The van der Waals surface area contributed by atoms with Crippen LogP contribution in [0, 0.1) is 5.92 Å². The fourth-order valence-corrected chi connectivity index (χ4v) is 2.37. The molecule has 1 aliphatic rings. The first kappa shape index (κ1) is 14.9. The van der Waals surface area contributed by atoms with E-state index in [0.29, 0.717) is 23.7 Å². The molecule has 1 aromatic carbocycles. The Morgan fingerprint density at radius 1 is 1.50 bits per heavy atom. The largest absolute Gasteiger partial charge is 0.399 e. The maximum atomic E-state index is 12.3. The fourth-order valence-electron chi connectivity index (χ4n) is 2.37. The van der Waals surface area contributed by atoms with E-state index in [-0.39, 0.29) is 12.0 Å². The van der Waals surface area contributed by atoms with Crippen molar-refractivity contribution in [1.82, 2.24) is 4.90 Å². The molecule has 4 heteroatoms. The van der Waals surface area contributed by atoms with E-state index in [2.05, 4.69) is 13.8 Å². The Hall–Kier alpha value is -1.55. The Morgan fingerprint density at radius 2 is 2.30 bits per heavy atom. The molecule has 0 bridgehead atoms. The molecule has 0 saturated carbocycles. The summed E-state index contributed by atoms with van der Waals surface area (Å²) in [5, 5.41) is 0. The number of ether oxygens (including phenoxy) is 1. The van der Waals surface area contributed by atoms with Crippen LogP contribution in [-0.4, -0.2) is 36.6 Å². The van der Waals surface area contributed by atoms with Gasteiger partial charge in [-0.05, 0) is 37.0 Å². The van der Waals surface area contributed by atoms with Crippen molar-refractivity contribution in [3.63, 3.8) is 0 Å². The number of nitrogen functional groups attached to an aromatic ring is 1. The third-order valence-electron chi connectivity index (χ3n) is 3.61. The van der Waals surface area contributed by atoms with E-state index in [9.17, 15) is 4.79 Å². The van der Waals surface area contributed by atoms with Gasteiger partial charge in [-0.1, -0.05) is 19.9 Å². The molecule has 0 spiro atoms. The zero-order valence-corrected chi connectivity index (χ0v) is 12.3. The maximum absolute atomic E-state index is 12.3. The third-order valence-corrected chi connectivity index (χ3v) is 3.61. The van der Waals surface area contributed by atoms with E-state index < -0.39 is 0 Å². The summed E-state index contributed by atoms with van der Waals surface area (Å²) in [7, 11) is 0. The smallest absolute Gasteiger partial charge is 0.254 e. The van der Waals surface area contributed by atoms with Crippen molar-refractivity contribution in [2.75, 3.05) is 25.4 Å². The average Bonchev–Trinajstić information content (AvgIpc) is 2.86. The lowest BCUT2D eigenvalue weighted by Crippen LogP contribution is -2.30. The van der Waals surface area contributed by atoms with Crippen molar-refractivity contribution in [2.24, 2.45) is 5.92 Å². The molecule has 20 heavy (non-hydrogen) atoms. The predicted molar refractivity (Wildman–Crippen MR) is 80.6 cm³/mol. The number of hydrogen-bond donors (Lipinski definition) is 1. The number of carbonyl (C=O) groups is 1. The number of hydrogen-bond acceptors (Lipinski definition) is 3. The van der Waals surface area contributed by atoms with Crippen LogP contribution < -0.4 is 5.73 Å². The number of amides is 1. The molecule has 0 aliphatic carbocycles. The van der Waals surface area contributed by atoms with E-state index in [1.54, 1.807) is 12.1 Å². The Bertz CT molecular complexity index is 460. The predicted octanol–water partition coefficient (Wildman–Crippen LogP) is 2.55. The normalized spacial score (nSPS) is 18.8. The van der Waals surface area contributed by atoms with Gasteiger partial charge in [0.1, 0.15) is 0 Å². The van der Waals surface area contributed by atoms with Crippen LogP contribution in [0.5, 0.6) is 0 Å². The van der Waals surface area contributed by atoms with E-state index in [4.69, 9.17) is 10.5 Å². The summed E-state index contributed by atoms with van der Waals surface area (Å²) in [6, 6.07) is 7.15. The topological polar surface area (TPSA) is 55.6 Å². The Labute approximate surface area is 120 Å². The third kappa shape index (κ3) is 3.97. The van der Waals surface area contributed by atoms with Gasteiger partial charge in [0.15, 0.2) is 0 Å². The molecule has 1 atom stereocenters. The van der Waals surface area contributed by atoms with E-state index >= 15 is 0 Å². The van der Waals surface area contributed by atoms with Crippen molar-refractivity contribution < 1.29 is 9.53 Å². The molecule has 1 amide bonds. The second kappa shape index (κ2) is 6.75. The van der Waals surface area contributed by atoms with E-state index in [1.165, 1.54) is 0 Å². The summed E-state index contributed by atoms with van der Waals surface area (Å²) in [6.45, 7) is 6.61. The standard InChI is InChI=1S/C16H24N2O2/c1-12(2)7-9-20-15-6-8-18(11-15)16(19)13-4-3-5-14(17)10-13/h3-5,10,12,15H,6-9,11,17H2,1-2H3. The molecule has 4 nitrogen and oxygen atoms in total. The van der Waals surface area contributed by atoms with Crippen LogP contribution in [0.25, 0.3) is 0 Å². The quantitative estimate of drug-likeness (QED) is 0.841. The maximum Gasteiger partial charge on any atom is 0.254 e. The molecule has 2 N–H and O–H groups in total. The zero-order chi connectivity index (χ0) is 14.5. The van der Waals surface area contributed by atoms with Crippen molar-refractivity contribution >= 4 is 11.6 Å². The van der Waals surface area contributed by atoms with Gasteiger partial charge in [0.05, 0.1) is 6.10 Å². The van der Waals surface area contributed by atoms with Crippen LogP contribution in [0.4, 0.5) is 5.69 Å². The monoisotopic (exact) mass is 276 g/mol. The Morgan fingerprint density at radius 3 is 3.00 bits per heavy atom. The van der Waals surface area contributed by atoms with Gasteiger partial charge < -0.3 is 15.4 Å². The summed E-state index contributed by atoms with van der Waals surface area (Å²) in [5.74, 6) is 0.702. The number of benzene rings is 1. The van der Waals surface area contributed by atoms with Gasteiger partial charge in [-0.25, -0.2) is 0 Å². The minimum Gasteiger partial charge on any atom is -0.399 e. The number of nitrogens with zero attached hydrogens (tertiary/aromatic N) is 1. The van der Waals surface area contributed by atoms with Gasteiger partial charge in [-0.3, -0.25) is 4.79 Å². The first-order chi connectivity index (χ1) is 9.56. The van der Waals surface area contributed by atoms with Crippen LogP contribution >= 0.6 is 0 Å². The SMILES string of the molecule is CC(C)CCOC1CCN(C(=O)c2cccc(N)c2)C1. The van der Waals surface area contributed by atoms with Gasteiger partial charge in [-0.2, -0.15) is 0 Å². The van der Waals surface area contributed by atoms with Crippen LogP contribution in [0.1, 0.15) is 37.0 Å². The number of nitrogens with two attached hydrogens (primary N) is 1. The van der Waals surface area contributed by atoms with Gasteiger partial charge in [-0.15, -0.1) is 0 Å². The van der Waals surface area contributed by atoms with Crippen molar-refractivity contribution in [3.05, 3.63) is 29.8 Å². The number of carbonyl (C=O) groups excluding carboxylic acids is 1. The molecule has 110 valence electrons. The summed E-state index contributed by atoms with van der Waals surface area (Å²) in [4.78, 5) is 14.2. The van der Waals surface area contributed by atoms with Gasteiger partial charge >= 0.3 is 0 Å². The molecule has 1 aliphatic heterocycles. The van der Waals surface area contributed by atoms with Gasteiger partial charge in [0, 0.05) is 30.9 Å². The summed E-state index contributed by atoms with van der Waals surface area (Å²) >= 11 is 0. The molecule has 0 aromatic heterocycles. The van der Waals surface area contributed by atoms with Crippen LogP contribution in [-0.2, 0) is 4.74 Å². The van der Waals surface area contributed by atoms with Crippen molar-refractivity contribution in [2.45, 2.75) is 32.8 Å². The van der Waals surface area contributed by atoms with E-state index in [1.807, 2.05) is 17.0 Å². The Balaban J connectivity index is 1.84. The molecular weight excluding hydrogens is 252 g/mol. The highest BCUT2D eigenvalue weighted by Crippen LogP contribution is 2.18. The lowest BCUT2D eigenvalue weighted by atomic mass is 10.1. The summed E-state index contributed by atoms with van der Waals surface area (Å²) in [5.41, 5.74) is 7.01. The number of rotatable bonds is 5. The number of likely N-dealkylation sites (tertiary alicyclic amines) is 1. The molecule has 1 saturated heterocycles. The van der Waals surface area contributed by atoms with Crippen LogP contribution in [0.15, 0.2) is 24.3 Å². The van der Waals surface area contributed by atoms with Crippen LogP contribution in [0.3, 0.4) is 0 Å². The van der Waals surface area contributed by atoms with Gasteiger partial charge in [0.2, 0.25) is 0 Å².